The highest BCUT2D eigenvalue weighted by Crippen LogP contribution is 2.28. The molecule has 1 aromatic heterocycles. The molecule has 0 spiro atoms. The van der Waals surface area contributed by atoms with Crippen molar-refractivity contribution in [2.75, 3.05) is 18.0 Å². The number of amides is 1. The van der Waals surface area contributed by atoms with Crippen LogP contribution >= 0.6 is 0 Å². The maximum absolute atomic E-state index is 11.6. The SMILES string of the molecule is NC(=O)c1cc(N2CC(CC(=O)O)C2)nc2ccccc12. The molecule has 6 nitrogen and oxygen atoms in total. The number of rotatable bonds is 4. The molecule has 1 aliphatic heterocycles. The Labute approximate surface area is 121 Å². The number of carboxylic acid groups (broad SMARTS) is 1. The number of carboxylic acids is 1. The molecule has 1 aliphatic rings. The smallest absolute Gasteiger partial charge is 0.303 e. The largest absolute Gasteiger partial charge is 0.481 e. The van der Waals surface area contributed by atoms with E-state index >= 15 is 0 Å². The molecule has 1 fully saturated rings. The first-order chi connectivity index (χ1) is 10.0. The van der Waals surface area contributed by atoms with Gasteiger partial charge >= 0.3 is 5.97 Å². The van der Waals surface area contributed by atoms with Crippen molar-refractivity contribution >= 4 is 28.6 Å². The summed E-state index contributed by atoms with van der Waals surface area (Å²) in [5, 5.41) is 9.50. The molecule has 3 rings (SSSR count). The zero-order valence-corrected chi connectivity index (χ0v) is 11.3. The molecule has 0 unspecified atom stereocenters. The summed E-state index contributed by atoms with van der Waals surface area (Å²) in [7, 11) is 0. The lowest BCUT2D eigenvalue weighted by molar-refractivity contribution is -0.138. The van der Waals surface area contributed by atoms with Crippen molar-refractivity contribution in [3.8, 4) is 0 Å². The van der Waals surface area contributed by atoms with Gasteiger partial charge in [0.15, 0.2) is 0 Å². The summed E-state index contributed by atoms with van der Waals surface area (Å²) in [6.07, 6.45) is 0.159. The molecule has 1 saturated heterocycles. The molecule has 2 aromatic rings. The summed E-state index contributed by atoms with van der Waals surface area (Å²) < 4.78 is 0. The number of pyridine rings is 1. The summed E-state index contributed by atoms with van der Waals surface area (Å²) in [6, 6.07) is 9.02. The number of para-hydroxylation sites is 1. The molecule has 6 heteroatoms. The minimum absolute atomic E-state index is 0.132. The fourth-order valence-electron chi connectivity index (χ4n) is 2.66. The van der Waals surface area contributed by atoms with Gasteiger partial charge in [0.2, 0.25) is 5.91 Å². The van der Waals surface area contributed by atoms with Crippen LogP contribution in [0.5, 0.6) is 0 Å². The maximum Gasteiger partial charge on any atom is 0.303 e. The number of carbonyl (C=O) groups is 2. The van der Waals surface area contributed by atoms with Gasteiger partial charge in [0.05, 0.1) is 17.5 Å². The lowest BCUT2D eigenvalue weighted by Crippen LogP contribution is -2.48. The third-order valence-corrected chi connectivity index (χ3v) is 3.71. The molecule has 3 N–H and O–H groups in total. The summed E-state index contributed by atoms with van der Waals surface area (Å²) in [4.78, 5) is 28.8. The van der Waals surface area contributed by atoms with Crippen molar-refractivity contribution < 1.29 is 14.7 Å². The number of aromatic nitrogens is 1. The van der Waals surface area contributed by atoms with Crippen LogP contribution in [0.25, 0.3) is 10.9 Å². The van der Waals surface area contributed by atoms with Crippen molar-refractivity contribution in [2.24, 2.45) is 11.7 Å². The third-order valence-electron chi connectivity index (χ3n) is 3.71. The molecule has 0 aliphatic carbocycles. The van der Waals surface area contributed by atoms with Crippen LogP contribution in [-0.4, -0.2) is 35.1 Å². The Hall–Kier alpha value is -2.63. The highest BCUT2D eigenvalue weighted by Gasteiger charge is 2.30. The average Bonchev–Trinajstić information content (AvgIpc) is 2.40. The fraction of sp³-hybridized carbons (Fsp3) is 0.267. The number of aliphatic carboxylic acids is 1. The van der Waals surface area contributed by atoms with Gasteiger partial charge in [-0.05, 0) is 12.1 Å². The number of hydrogen-bond acceptors (Lipinski definition) is 4. The second-order valence-electron chi connectivity index (χ2n) is 5.28. The van der Waals surface area contributed by atoms with E-state index in [0.29, 0.717) is 30.0 Å². The quantitative estimate of drug-likeness (QED) is 0.881. The molecular formula is C15H15N3O3. The molecule has 108 valence electrons. The van der Waals surface area contributed by atoms with Crippen LogP contribution in [0.2, 0.25) is 0 Å². The normalized spacial score (nSPS) is 15.0. The molecule has 1 aromatic carbocycles. The standard InChI is InChI=1S/C15H15N3O3/c16-15(21)11-6-13(17-12-4-2-1-3-10(11)12)18-7-9(8-18)5-14(19)20/h1-4,6,9H,5,7-8H2,(H2,16,21)(H,19,20). The number of fused-ring (bicyclic) bond motifs is 1. The molecule has 2 heterocycles. The minimum atomic E-state index is -0.788. The van der Waals surface area contributed by atoms with Gasteiger partial charge in [0.1, 0.15) is 5.82 Å². The van der Waals surface area contributed by atoms with Crippen molar-refractivity contribution in [1.29, 1.82) is 0 Å². The Balaban J connectivity index is 1.91. The second-order valence-corrected chi connectivity index (χ2v) is 5.28. The van der Waals surface area contributed by atoms with E-state index in [4.69, 9.17) is 10.8 Å². The van der Waals surface area contributed by atoms with Crippen molar-refractivity contribution in [3.05, 3.63) is 35.9 Å². The molecule has 0 saturated carbocycles. The molecule has 1 amide bonds. The predicted molar refractivity (Wildman–Crippen MR) is 78.2 cm³/mol. The van der Waals surface area contributed by atoms with Crippen LogP contribution in [0.4, 0.5) is 5.82 Å². The molecule has 21 heavy (non-hydrogen) atoms. The zero-order valence-electron chi connectivity index (χ0n) is 11.3. The van der Waals surface area contributed by atoms with Gasteiger partial charge in [-0.15, -0.1) is 0 Å². The highest BCUT2D eigenvalue weighted by atomic mass is 16.4. The van der Waals surface area contributed by atoms with Gasteiger partial charge in [-0.1, -0.05) is 18.2 Å². The summed E-state index contributed by atoms with van der Waals surface area (Å²) >= 11 is 0. The van der Waals surface area contributed by atoms with E-state index in [1.165, 1.54) is 0 Å². The van der Waals surface area contributed by atoms with E-state index in [-0.39, 0.29) is 12.3 Å². The first-order valence-corrected chi connectivity index (χ1v) is 6.71. The number of carbonyl (C=O) groups excluding carboxylic acids is 1. The average molecular weight is 285 g/mol. The number of primary amides is 1. The van der Waals surface area contributed by atoms with Gasteiger partial charge in [-0.25, -0.2) is 4.98 Å². The number of benzene rings is 1. The van der Waals surface area contributed by atoms with Crippen molar-refractivity contribution in [1.82, 2.24) is 4.98 Å². The summed E-state index contributed by atoms with van der Waals surface area (Å²) in [6.45, 7) is 1.27. The number of nitrogens with two attached hydrogens (primary N) is 1. The number of anilines is 1. The van der Waals surface area contributed by atoms with E-state index in [0.717, 1.165) is 5.39 Å². The minimum Gasteiger partial charge on any atom is -0.481 e. The van der Waals surface area contributed by atoms with E-state index < -0.39 is 11.9 Å². The second kappa shape index (κ2) is 5.05. The molecular weight excluding hydrogens is 270 g/mol. The maximum atomic E-state index is 11.6. The Morgan fingerprint density at radius 1 is 1.33 bits per heavy atom. The lowest BCUT2D eigenvalue weighted by atomic mass is 9.96. The summed E-state index contributed by atoms with van der Waals surface area (Å²) in [5.41, 5.74) is 6.59. The first kappa shape index (κ1) is 13.4. The van der Waals surface area contributed by atoms with Crippen molar-refractivity contribution in [3.63, 3.8) is 0 Å². The lowest BCUT2D eigenvalue weighted by Gasteiger charge is -2.39. The molecule has 0 atom stereocenters. The van der Waals surface area contributed by atoms with E-state index in [1.807, 2.05) is 29.2 Å². The van der Waals surface area contributed by atoms with Gasteiger partial charge < -0.3 is 15.7 Å². The Morgan fingerprint density at radius 2 is 2.05 bits per heavy atom. The van der Waals surface area contributed by atoms with E-state index in [1.54, 1.807) is 6.07 Å². The van der Waals surface area contributed by atoms with Crippen LogP contribution in [0.15, 0.2) is 30.3 Å². The van der Waals surface area contributed by atoms with Gasteiger partial charge in [0.25, 0.3) is 0 Å². The topological polar surface area (TPSA) is 96.5 Å². The van der Waals surface area contributed by atoms with Crippen molar-refractivity contribution in [2.45, 2.75) is 6.42 Å². The first-order valence-electron chi connectivity index (χ1n) is 6.71. The predicted octanol–water partition coefficient (Wildman–Crippen LogP) is 1.24. The molecule has 0 radical (unpaired) electrons. The van der Waals surface area contributed by atoms with Gasteiger partial charge in [-0.2, -0.15) is 0 Å². The summed E-state index contributed by atoms with van der Waals surface area (Å²) in [5.74, 6) is -0.474. The van der Waals surface area contributed by atoms with Gasteiger partial charge in [-0.3, -0.25) is 9.59 Å². The van der Waals surface area contributed by atoms with Crippen LogP contribution in [0.3, 0.4) is 0 Å². The van der Waals surface area contributed by atoms with Gasteiger partial charge in [0, 0.05) is 24.4 Å². The van der Waals surface area contributed by atoms with Crippen LogP contribution < -0.4 is 10.6 Å². The van der Waals surface area contributed by atoms with E-state index in [9.17, 15) is 9.59 Å². The highest BCUT2D eigenvalue weighted by molar-refractivity contribution is 6.06. The monoisotopic (exact) mass is 285 g/mol. The number of hydrogen-bond donors (Lipinski definition) is 2. The Kier molecular flexibility index (Phi) is 3.21. The number of nitrogens with zero attached hydrogens (tertiary/aromatic N) is 2. The van der Waals surface area contributed by atoms with Crippen LogP contribution in [0.1, 0.15) is 16.8 Å². The van der Waals surface area contributed by atoms with E-state index in [2.05, 4.69) is 4.98 Å². The van der Waals surface area contributed by atoms with Crippen LogP contribution in [0, 0.1) is 5.92 Å². The zero-order chi connectivity index (χ0) is 15.0. The molecule has 0 bridgehead atoms. The fourth-order valence-corrected chi connectivity index (χ4v) is 2.66. The third kappa shape index (κ3) is 2.52. The Morgan fingerprint density at radius 3 is 2.71 bits per heavy atom. The Bertz CT molecular complexity index is 723. The van der Waals surface area contributed by atoms with Crippen LogP contribution in [-0.2, 0) is 4.79 Å².